The Morgan fingerprint density at radius 3 is 1.90 bits per heavy atom. The summed E-state index contributed by atoms with van der Waals surface area (Å²) >= 11 is 0. The lowest BCUT2D eigenvalue weighted by molar-refractivity contribution is -0.158. The number of carbonyl (C=O) groups excluding carboxylic acids is 1. The van der Waals surface area contributed by atoms with E-state index in [9.17, 15) is 13.2 Å². The molecule has 0 aliphatic carbocycles. The average Bonchev–Trinajstić information content (AvgIpc) is 2.64. The van der Waals surface area contributed by atoms with Crippen LogP contribution in [0.2, 0.25) is 0 Å². The molecule has 2 N–H and O–H groups in total. The van der Waals surface area contributed by atoms with E-state index >= 15 is 0 Å². The van der Waals surface area contributed by atoms with Gasteiger partial charge in [-0.15, -0.1) is 0 Å². The lowest BCUT2D eigenvalue weighted by Gasteiger charge is -2.26. The van der Waals surface area contributed by atoms with Gasteiger partial charge in [-0.3, -0.25) is 4.79 Å². The maximum absolute atomic E-state index is 12.8. The van der Waals surface area contributed by atoms with Gasteiger partial charge < -0.3 is 9.84 Å². The van der Waals surface area contributed by atoms with Gasteiger partial charge in [0.25, 0.3) is 0 Å². The second-order valence-electron chi connectivity index (χ2n) is 8.26. The normalized spacial score (nSPS) is 13.3. The predicted octanol–water partition coefficient (Wildman–Crippen LogP) is 3.49. The minimum absolute atomic E-state index is 0.0300. The zero-order valence-electron chi connectivity index (χ0n) is 17.5. The van der Waals surface area contributed by atoms with E-state index in [0.29, 0.717) is 0 Å². The molecule has 0 radical (unpaired) electrons. The van der Waals surface area contributed by atoms with Crippen LogP contribution in [0.3, 0.4) is 0 Å². The zero-order chi connectivity index (χ0) is 21.8. The minimum Gasteiger partial charge on any atom is -0.459 e. The zero-order valence-corrected chi connectivity index (χ0v) is 18.3. The number of rotatable bonds is 7. The van der Waals surface area contributed by atoms with Crippen molar-refractivity contribution in [1.29, 1.82) is 0 Å². The van der Waals surface area contributed by atoms with E-state index in [0.717, 1.165) is 16.7 Å². The van der Waals surface area contributed by atoms with Gasteiger partial charge in [0.15, 0.2) is 0 Å². The summed E-state index contributed by atoms with van der Waals surface area (Å²) in [5.74, 6) is -0.874. The summed E-state index contributed by atoms with van der Waals surface area (Å²) in [6, 6.07) is 12.8. The quantitative estimate of drug-likeness (QED) is 0.670. The van der Waals surface area contributed by atoms with E-state index < -0.39 is 27.6 Å². The van der Waals surface area contributed by atoms with Crippen LogP contribution in [0.1, 0.15) is 40.2 Å². The Bertz CT molecular complexity index is 927. The molecule has 158 valence electrons. The minimum atomic E-state index is -3.90. The summed E-state index contributed by atoms with van der Waals surface area (Å²) in [4.78, 5) is 12.5. The van der Waals surface area contributed by atoms with E-state index in [-0.39, 0.29) is 17.4 Å². The molecular weight excluding hydrogens is 390 g/mol. The molecule has 0 unspecified atom stereocenters. The molecule has 0 amide bonds. The van der Waals surface area contributed by atoms with Crippen LogP contribution in [-0.2, 0) is 26.2 Å². The fourth-order valence-electron chi connectivity index (χ4n) is 2.69. The summed E-state index contributed by atoms with van der Waals surface area (Å²) < 4.78 is 33.4. The van der Waals surface area contributed by atoms with E-state index in [4.69, 9.17) is 9.84 Å². The Balaban J connectivity index is 2.21. The summed E-state index contributed by atoms with van der Waals surface area (Å²) in [7, 11) is -3.90. The van der Waals surface area contributed by atoms with Gasteiger partial charge in [-0.25, -0.2) is 8.42 Å². The first-order chi connectivity index (χ1) is 13.4. The molecule has 2 aromatic rings. The van der Waals surface area contributed by atoms with E-state index in [1.165, 1.54) is 12.1 Å². The third-order valence-electron chi connectivity index (χ3n) is 4.24. The van der Waals surface area contributed by atoms with Gasteiger partial charge in [-0.1, -0.05) is 50.2 Å². The fraction of sp³-hybridized carbons (Fsp3) is 0.409. The molecule has 0 saturated carbocycles. The molecule has 0 aliphatic rings. The number of sulfonamides is 1. The monoisotopic (exact) mass is 419 g/mol. The molecule has 0 saturated heterocycles. The van der Waals surface area contributed by atoms with Crippen molar-refractivity contribution in [3.05, 3.63) is 54.1 Å². The lowest BCUT2D eigenvalue weighted by atomic mass is 10.0. The molecule has 2 rings (SSSR count). The molecule has 0 aromatic heterocycles. The smallest absolute Gasteiger partial charge is 0.324 e. The largest absolute Gasteiger partial charge is 0.459 e. The third-order valence-corrected chi connectivity index (χ3v) is 5.70. The summed E-state index contributed by atoms with van der Waals surface area (Å²) in [5, 5.41) is 9.13. The number of aliphatic hydroxyl groups is 1. The highest BCUT2D eigenvalue weighted by molar-refractivity contribution is 7.89. The standard InChI is InChI=1S/C22H29NO5S/c1-15(2)20(21(25)28-22(3,4)5)23-29(26,27)19-12-10-18(11-13-19)17-8-6-16(14-24)7-9-17/h6-13,15,20,23-24H,14H2,1-5H3/t20-/m1/s1. The van der Waals surface area contributed by atoms with Crippen LogP contribution in [-0.4, -0.2) is 31.1 Å². The molecule has 1 atom stereocenters. The van der Waals surface area contributed by atoms with Crippen LogP contribution < -0.4 is 4.72 Å². The molecule has 0 heterocycles. The molecule has 0 spiro atoms. The van der Waals surface area contributed by atoms with E-state index in [1.54, 1.807) is 46.8 Å². The number of benzene rings is 2. The highest BCUT2D eigenvalue weighted by Gasteiger charge is 2.32. The van der Waals surface area contributed by atoms with Crippen LogP contribution in [0.4, 0.5) is 0 Å². The molecule has 0 aliphatic heterocycles. The number of ether oxygens (including phenoxy) is 1. The van der Waals surface area contributed by atoms with Crippen molar-refractivity contribution < 1.29 is 23.1 Å². The SMILES string of the molecule is CC(C)[C@@H](NS(=O)(=O)c1ccc(-c2ccc(CO)cc2)cc1)C(=O)OC(C)(C)C. The molecule has 0 fully saturated rings. The number of nitrogens with one attached hydrogen (secondary N) is 1. The number of hydrogen-bond donors (Lipinski definition) is 2. The van der Waals surface area contributed by atoms with Crippen molar-refractivity contribution in [2.75, 3.05) is 0 Å². The highest BCUT2D eigenvalue weighted by atomic mass is 32.2. The van der Waals surface area contributed by atoms with Crippen molar-refractivity contribution >= 4 is 16.0 Å². The first-order valence-corrected chi connectivity index (χ1v) is 11.0. The molecule has 2 aromatic carbocycles. The number of hydrogen-bond acceptors (Lipinski definition) is 5. The van der Waals surface area contributed by atoms with Crippen molar-refractivity contribution in [2.24, 2.45) is 5.92 Å². The lowest BCUT2D eigenvalue weighted by Crippen LogP contribution is -2.47. The van der Waals surface area contributed by atoms with E-state index in [1.807, 2.05) is 24.3 Å². The van der Waals surface area contributed by atoms with Crippen molar-refractivity contribution in [1.82, 2.24) is 4.72 Å². The molecule has 0 bridgehead atoms. The van der Waals surface area contributed by atoms with Crippen LogP contribution in [0.25, 0.3) is 11.1 Å². The van der Waals surface area contributed by atoms with Gasteiger partial charge in [0.05, 0.1) is 11.5 Å². The van der Waals surface area contributed by atoms with Gasteiger partial charge in [0, 0.05) is 0 Å². The number of aliphatic hydroxyl groups excluding tert-OH is 1. The Morgan fingerprint density at radius 1 is 1.00 bits per heavy atom. The number of esters is 1. The fourth-order valence-corrected chi connectivity index (χ4v) is 4.02. The summed E-state index contributed by atoms with van der Waals surface area (Å²) in [5.41, 5.74) is 1.86. The first-order valence-electron chi connectivity index (χ1n) is 9.48. The molecule has 7 heteroatoms. The first kappa shape index (κ1) is 23.1. The molecule has 29 heavy (non-hydrogen) atoms. The van der Waals surface area contributed by atoms with Gasteiger partial charge in [-0.05, 0) is 55.5 Å². The van der Waals surface area contributed by atoms with Crippen LogP contribution in [0, 0.1) is 5.92 Å². The maximum Gasteiger partial charge on any atom is 0.324 e. The van der Waals surface area contributed by atoms with Gasteiger partial charge >= 0.3 is 5.97 Å². The topological polar surface area (TPSA) is 92.7 Å². The second kappa shape index (κ2) is 9.07. The van der Waals surface area contributed by atoms with Gasteiger partial charge in [0.1, 0.15) is 11.6 Å². The van der Waals surface area contributed by atoms with Crippen LogP contribution >= 0.6 is 0 Å². The Hall–Kier alpha value is -2.22. The highest BCUT2D eigenvalue weighted by Crippen LogP contribution is 2.23. The van der Waals surface area contributed by atoms with Gasteiger partial charge in [0.2, 0.25) is 10.0 Å². The maximum atomic E-state index is 12.8. The van der Waals surface area contributed by atoms with Crippen LogP contribution in [0.15, 0.2) is 53.4 Å². The summed E-state index contributed by atoms with van der Waals surface area (Å²) in [6.07, 6.45) is 0. The Labute approximate surface area is 173 Å². The Morgan fingerprint density at radius 2 is 1.48 bits per heavy atom. The van der Waals surface area contributed by atoms with E-state index in [2.05, 4.69) is 4.72 Å². The van der Waals surface area contributed by atoms with Gasteiger partial charge in [-0.2, -0.15) is 4.72 Å². The molecular formula is C22H29NO5S. The molecule has 6 nitrogen and oxygen atoms in total. The van der Waals surface area contributed by atoms with Crippen molar-refractivity contribution in [2.45, 2.75) is 57.8 Å². The van der Waals surface area contributed by atoms with Crippen molar-refractivity contribution in [3.63, 3.8) is 0 Å². The summed E-state index contributed by atoms with van der Waals surface area (Å²) in [6.45, 7) is 8.71. The Kier molecular flexibility index (Phi) is 7.21. The predicted molar refractivity (Wildman–Crippen MR) is 113 cm³/mol. The number of carbonyl (C=O) groups is 1. The van der Waals surface area contributed by atoms with Crippen LogP contribution in [0.5, 0.6) is 0 Å². The van der Waals surface area contributed by atoms with Crippen molar-refractivity contribution in [3.8, 4) is 11.1 Å². The third kappa shape index (κ3) is 6.39. The average molecular weight is 420 g/mol. The second-order valence-corrected chi connectivity index (χ2v) is 9.97.